The number of hydrogen-bond donors (Lipinski definition) is 1. The highest BCUT2D eigenvalue weighted by Crippen LogP contribution is 2.29. The highest BCUT2D eigenvalue weighted by Gasteiger charge is 2.21. The maximum absolute atomic E-state index is 11.0. The Morgan fingerprint density at radius 1 is 1.44 bits per heavy atom. The number of ether oxygens (including phenoxy) is 1. The number of aliphatic carboxylic acids is 1. The Balaban J connectivity index is 2.13. The standard InChI is InChI=1S/C13H13NO3S/c1-2-10(12(15)16)11-8-18-13(14-11)17-9-6-4-3-5-7-9/h3-8,10H,2H2,1H3,(H,15,16). The summed E-state index contributed by atoms with van der Waals surface area (Å²) in [5.41, 5.74) is 0.556. The van der Waals surface area contributed by atoms with Gasteiger partial charge in [0.2, 0.25) is 0 Å². The fourth-order valence-electron chi connectivity index (χ4n) is 1.58. The summed E-state index contributed by atoms with van der Waals surface area (Å²) in [5, 5.41) is 11.3. The first-order valence-corrected chi connectivity index (χ1v) is 6.49. The average molecular weight is 263 g/mol. The summed E-state index contributed by atoms with van der Waals surface area (Å²) in [6.45, 7) is 1.83. The molecule has 5 heteroatoms. The molecule has 4 nitrogen and oxygen atoms in total. The Kier molecular flexibility index (Phi) is 3.94. The lowest BCUT2D eigenvalue weighted by molar-refractivity contribution is -0.138. The predicted octanol–water partition coefficient (Wildman–Crippen LogP) is 3.51. The lowest BCUT2D eigenvalue weighted by Gasteiger charge is -2.05. The number of thiazole rings is 1. The van der Waals surface area contributed by atoms with Crippen molar-refractivity contribution in [2.45, 2.75) is 19.3 Å². The van der Waals surface area contributed by atoms with E-state index in [4.69, 9.17) is 9.84 Å². The van der Waals surface area contributed by atoms with Gasteiger partial charge in [-0.1, -0.05) is 36.5 Å². The number of carboxylic acid groups (broad SMARTS) is 1. The van der Waals surface area contributed by atoms with Gasteiger partial charge in [0.05, 0.1) is 11.6 Å². The van der Waals surface area contributed by atoms with E-state index < -0.39 is 11.9 Å². The molecule has 1 N–H and O–H groups in total. The molecule has 2 rings (SSSR count). The molecule has 0 fully saturated rings. The smallest absolute Gasteiger partial charge is 0.312 e. The van der Waals surface area contributed by atoms with Crippen LogP contribution in [0.5, 0.6) is 10.9 Å². The molecule has 0 aliphatic heterocycles. The van der Waals surface area contributed by atoms with Crippen molar-refractivity contribution in [1.82, 2.24) is 4.98 Å². The topological polar surface area (TPSA) is 59.4 Å². The van der Waals surface area contributed by atoms with E-state index in [1.54, 1.807) is 5.38 Å². The molecule has 1 aromatic heterocycles. The van der Waals surface area contributed by atoms with Gasteiger partial charge in [-0.05, 0) is 18.6 Å². The second-order valence-corrected chi connectivity index (χ2v) is 4.57. The first-order valence-electron chi connectivity index (χ1n) is 5.62. The second kappa shape index (κ2) is 5.64. The molecule has 1 atom stereocenters. The summed E-state index contributed by atoms with van der Waals surface area (Å²) < 4.78 is 5.55. The maximum Gasteiger partial charge on any atom is 0.312 e. The monoisotopic (exact) mass is 263 g/mol. The van der Waals surface area contributed by atoms with Crippen molar-refractivity contribution >= 4 is 17.3 Å². The molecule has 0 aliphatic rings. The van der Waals surface area contributed by atoms with Crippen LogP contribution in [0.2, 0.25) is 0 Å². The second-order valence-electron chi connectivity index (χ2n) is 3.75. The summed E-state index contributed by atoms with van der Waals surface area (Å²) in [5.74, 6) is -0.717. The minimum atomic E-state index is -0.853. The van der Waals surface area contributed by atoms with E-state index in [9.17, 15) is 4.79 Å². The molecular formula is C13H13NO3S. The number of carbonyl (C=O) groups is 1. The van der Waals surface area contributed by atoms with Crippen molar-refractivity contribution in [2.24, 2.45) is 0 Å². The van der Waals surface area contributed by atoms with E-state index in [1.807, 2.05) is 37.3 Å². The van der Waals surface area contributed by atoms with Crippen molar-refractivity contribution in [1.29, 1.82) is 0 Å². The third-order valence-corrected chi connectivity index (χ3v) is 3.25. The van der Waals surface area contributed by atoms with E-state index in [0.717, 1.165) is 0 Å². The summed E-state index contributed by atoms with van der Waals surface area (Å²) >= 11 is 1.31. The largest absolute Gasteiger partial charge is 0.481 e. The fourth-order valence-corrected chi connectivity index (χ4v) is 2.32. The summed E-state index contributed by atoms with van der Waals surface area (Å²) in [6.07, 6.45) is 0.518. The fraction of sp³-hybridized carbons (Fsp3) is 0.231. The molecule has 0 bridgehead atoms. The molecule has 94 valence electrons. The van der Waals surface area contributed by atoms with Gasteiger partial charge in [-0.15, -0.1) is 0 Å². The van der Waals surface area contributed by atoms with Gasteiger partial charge in [0, 0.05) is 5.38 Å². The third-order valence-electron chi connectivity index (χ3n) is 2.51. The van der Waals surface area contributed by atoms with E-state index >= 15 is 0 Å². The van der Waals surface area contributed by atoms with Gasteiger partial charge in [0.1, 0.15) is 5.75 Å². The molecule has 18 heavy (non-hydrogen) atoms. The van der Waals surface area contributed by atoms with Crippen LogP contribution in [-0.2, 0) is 4.79 Å². The number of rotatable bonds is 5. The molecule has 1 heterocycles. The van der Waals surface area contributed by atoms with Crippen LogP contribution < -0.4 is 4.74 Å². The van der Waals surface area contributed by atoms with Gasteiger partial charge in [0.15, 0.2) is 0 Å². The van der Waals surface area contributed by atoms with Crippen molar-refractivity contribution in [3.8, 4) is 10.9 Å². The number of carboxylic acids is 1. The molecule has 0 spiro atoms. The molecule has 1 aromatic carbocycles. The van der Waals surface area contributed by atoms with Crippen LogP contribution in [0.3, 0.4) is 0 Å². The number of hydrogen-bond acceptors (Lipinski definition) is 4. The molecule has 0 radical (unpaired) electrons. The molecule has 2 aromatic rings. The highest BCUT2D eigenvalue weighted by molar-refractivity contribution is 7.11. The molecule has 1 unspecified atom stereocenters. The Hall–Kier alpha value is -1.88. The van der Waals surface area contributed by atoms with E-state index in [2.05, 4.69) is 4.98 Å². The maximum atomic E-state index is 11.0. The zero-order valence-electron chi connectivity index (χ0n) is 9.87. The van der Waals surface area contributed by atoms with Crippen molar-refractivity contribution < 1.29 is 14.6 Å². The Bertz CT molecular complexity index is 524. The zero-order chi connectivity index (χ0) is 13.0. The van der Waals surface area contributed by atoms with Gasteiger partial charge in [-0.2, -0.15) is 0 Å². The lowest BCUT2D eigenvalue weighted by atomic mass is 10.0. The predicted molar refractivity (Wildman–Crippen MR) is 69.3 cm³/mol. The van der Waals surface area contributed by atoms with E-state index in [0.29, 0.717) is 23.1 Å². The molecule has 0 saturated heterocycles. The van der Waals surface area contributed by atoms with Crippen LogP contribution >= 0.6 is 11.3 Å². The highest BCUT2D eigenvalue weighted by atomic mass is 32.1. The minimum absolute atomic E-state index is 0.468. The molecule has 0 saturated carbocycles. The van der Waals surface area contributed by atoms with Crippen LogP contribution in [-0.4, -0.2) is 16.1 Å². The first kappa shape index (κ1) is 12.6. The van der Waals surface area contributed by atoms with Crippen molar-refractivity contribution in [3.63, 3.8) is 0 Å². The Labute approximate surface area is 109 Å². The molecular weight excluding hydrogens is 250 g/mol. The number of benzene rings is 1. The summed E-state index contributed by atoms with van der Waals surface area (Å²) in [6, 6.07) is 9.30. The number of para-hydroxylation sites is 1. The average Bonchev–Trinajstić information content (AvgIpc) is 2.79. The van der Waals surface area contributed by atoms with Crippen molar-refractivity contribution in [3.05, 3.63) is 41.4 Å². The van der Waals surface area contributed by atoms with Crippen LogP contribution in [0, 0.1) is 0 Å². The van der Waals surface area contributed by atoms with Crippen LogP contribution in [0.1, 0.15) is 25.0 Å². The van der Waals surface area contributed by atoms with E-state index in [1.165, 1.54) is 11.3 Å². The third kappa shape index (κ3) is 2.87. The Morgan fingerprint density at radius 3 is 2.78 bits per heavy atom. The van der Waals surface area contributed by atoms with Crippen molar-refractivity contribution in [2.75, 3.05) is 0 Å². The molecule has 0 aliphatic carbocycles. The van der Waals surface area contributed by atoms with E-state index in [-0.39, 0.29) is 0 Å². The lowest BCUT2D eigenvalue weighted by Crippen LogP contribution is -2.10. The van der Waals surface area contributed by atoms with Crippen LogP contribution in [0.15, 0.2) is 35.7 Å². The quantitative estimate of drug-likeness (QED) is 0.896. The van der Waals surface area contributed by atoms with Gasteiger partial charge >= 0.3 is 5.97 Å². The minimum Gasteiger partial charge on any atom is -0.481 e. The van der Waals surface area contributed by atoms with Crippen LogP contribution in [0.4, 0.5) is 0 Å². The molecule has 0 amide bonds. The normalized spacial score (nSPS) is 12.1. The van der Waals surface area contributed by atoms with Gasteiger partial charge in [0.25, 0.3) is 5.19 Å². The van der Waals surface area contributed by atoms with Crippen LogP contribution in [0.25, 0.3) is 0 Å². The van der Waals surface area contributed by atoms with Gasteiger partial charge in [-0.3, -0.25) is 4.79 Å². The Morgan fingerprint density at radius 2 is 2.17 bits per heavy atom. The summed E-state index contributed by atoms with van der Waals surface area (Å²) in [7, 11) is 0. The number of aromatic nitrogens is 1. The zero-order valence-corrected chi connectivity index (χ0v) is 10.7. The number of nitrogens with zero attached hydrogens (tertiary/aromatic N) is 1. The van der Waals surface area contributed by atoms with Gasteiger partial charge in [-0.25, -0.2) is 4.98 Å². The SMILES string of the molecule is CCC(C(=O)O)c1csc(Oc2ccccc2)n1. The summed E-state index contributed by atoms with van der Waals surface area (Å²) in [4.78, 5) is 15.2. The van der Waals surface area contributed by atoms with Gasteiger partial charge < -0.3 is 9.84 Å². The first-order chi connectivity index (χ1) is 8.70.